The standard InChI is InChI=1S/C15H14F2N.C9H5F3N3.Ir/c1-10(2)7-11-3-6-15(18-9-11)13-5-4-12(16)8-14(13)17;10-9(11,12)8-5-7(14-15-8)6-3-1-2-4-13-6;/h3-4,6,8-10H,7H2,1-2H3;1-5H;/q2*-1;. The Morgan fingerprint density at radius 3 is 2.29 bits per heavy atom. The fraction of sp³-hybridized carbons (Fsp3) is 0.208. The zero-order chi connectivity index (χ0) is 24.0. The molecule has 181 valence electrons. The van der Waals surface area contributed by atoms with Crippen molar-refractivity contribution < 1.29 is 42.1 Å². The molecule has 0 atom stereocenters. The summed E-state index contributed by atoms with van der Waals surface area (Å²) < 4.78 is 62.9. The maximum atomic E-state index is 13.5. The van der Waals surface area contributed by atoms with Crippen LogP contribution in [0.3, 0.4) is 0 Å². The summed E-state index contributed by atoms with van der Waals surface area (Å²) in [6, 6.07) is 14.0. The summed E-state index contributed by atoms with van der Waals surface area (Å²) in [4.78, 5) is 8.07. The molecule has 0 unspecified atom stereocenters. The number of pyridine rings is 2. The third-order valence-electron chi connectivity index (χ3n) is 4.34. The molecule has 1 radical (unpaired) electrons. The van der Waals surface area contributed by atoms with Crippen LogP contribution < -0.4 is 5.10 Å². The molecule has 3 heterocycles. The van der Waals surface area contributed by atoms with Crippen molar-refractivity contribution in [2.24, 2.45) is 5.92 Å². The van der Waals surface area contributed by atoms with Gasteiger partial charge in [0.05, 0.1) is 0 Å². The normalized spacial score (nSPS) is 10.9. The number of nitrogens with zero attached hydrogens (tertiary/aromatic N) is 4. The van der Waals surface area contributed by atoms with E-state index in [2.05, 4.69) is 40.1 Å². The van der Waals surface area contributed by atoms with Crippen molar-refractivity contribution in [2.75, 3.05) is 0 Å². The van der Waals surface area contributed by atoms with E-state index in [9.17, 15) is 22.0 Å². The molecule has 0 bridgehead atoms. The molecular formula is C24H19F5IrN4-2. The molecule has 0 N–H and O–H groups in total. The SMILES string of the molecule is CC(C)Cc1ccc(-c2[c-]cc(F)cc2F)nc1.FC(F)(F)c1cc(-c2ccccn2)[n-]n1.[Ir]. The van der Waals surface area contributed by atoms with Crippen LogP contribution >= 0.6 is 0 Å². The van der Waals surface area contributed by atoms with Crippen molar-refractivity contribution in [1.29, 1.82) is 0 Å². The van der Waals surface area contributed by atoms with Gasteiger partial charge >= 0.3 is 6.18 Å². The second-order valence-corrected chi connectivity index (χ2v) is 7.52. The molecule has 0 aliphatic heterocycles. The Hall–Kier alpha value is -2.97. The Balaban J connectivity index is 0.000000237. The average Bonchev–Trinajstić information content (AvgIpc) is 3.26. The van der Waals surface area contributed by atoms with Gasteiger partial charge in [-0.05, 0) is 41.8 Å². The zero-order valence-corrected chi connectivity index (χ0v) is 20.5. The molecule has 0 spiro atoms. The van der Waals surface area contributed by atoms with E-state index in [-0.39, 0.29) is 31.4 Å². The van der Waals surface area contributed by atoms with Crippen molar-refractivity contribution in [2.45, 2.75) is 26.4 Å². The van der Waals surface area contributed by atoms with Crippen molar-refractivity contribution in [1.82, 2.24) is 20.2 Å². The summed E-state index contributed by atoms with van der Waals surface area (Å²) in [5, 5.41) is 6.47. The predicted octanol–water partition coefficient (Wildman–Crippen LogP) is 6.14. The first kappa shape index (κ1) is 27.3. The summed E-state index contributed by atoms with van der Waals surface area (Å²) in [5.74, 6) is -0.724. The minimum absolute atomic E-state index is 0. The molecule has 0 amide bonds. The van der Waals surface area contributed by atoms with Crippen LogP contribution in [0.15, 0.2) is 60.9 Å². The molecule has 0 aliphatic rings. The maximum absolute atomic E-state index is 13.5. The van der Waals surface area contributed by atoms with E-state index in [1.165, 1.54) is 6.20 Å². The van der Waals surface area contributed by atoms with Crippen LogP contribution in [0.1, 0.15) is 25.1 Å². The van der Waals surface area contributed by atoms with E-state index in [1.54, 1.807) is 30.5 Å². The van der Waals surface area contributed by atoms with Crippen LogP contribution in [-0.2, 0) is 32.7 Å². The Morgan fingerprint density at radius 2 is 1.76 bits per heavy atom. The first-order valence-corrected chi connectivity index (χ1v) is 9.94. The van der Waals surface area contributed by atoms with Crippen LogP contribution in [0.2, 0.25) is 0 Å². The van der Waals surface area contributed by atoms with Gasteiger partial charge < -0.3 is 15.2 Å². The summed E-state index contributed by atoms with van der Waals surface area (Å²) in [6.45, 7) is 4.25. The molecule has 0 aliphatic carbocycles. The molecule has 34 heavy (non-hydrogen) atoms. The number of alkyl halides is 3. The molecular weight excluding hydrogens is 631 g/mol. The van der Waals surface area contributed by atoms with Gasteiger partial charge in [0.15, 0.2) is 0 Å². The van der Waals surface area contributed by atoms with Gasteiger partial charge in [-0.3, -0.25) is 13.8 Å². The van der Waals surface area contributed by atoms with Crippen LogP contribution in [0.5, 0.6) is 0 Å². The first-order chi connectivity index (χ1) is 15.6. The molecule has 4 nitrogen and oxygen atoms in total. The molecule has 0 fully saturated rings. The topological polar surface area (TPSA) is 52.8 Å². The van der Waals surface area contributed by atoms with Gasteiger partial charge in [-0.15, -0.1) is 12.1 Å². The number of aromatic nitrogens is 4. The molecule has 0 saturated carbocycles. The van der Waals surface area contributed by atoms with E-state index in [0.29, 0.717) is 17.3 Å². The summed E-state index contributed by atoms with van der Waals surface area (Å²) >= 11 is 0. The number of benzene rings is 1. The van der Waals surface area contributed by atoms with Gasteiger partial charge in [0, 0.05) is 49.8 Å². The Bertz CT molecular complexity index is 1180. The van der Waals surface area contributed by atoms with Crippen LogP contribution in [-0.4, -0.2) is 15.1 Å². The predicted molar refractivity (Wildman–Crippen MR) is 113 cm³/mol. The zero-order valence-electron chi connectivity index (χ0n) is 18.1. The van der Waals surface area contributed by atoms with Crippen molar-refractivity contribution in [3.05, 3.63) is 89.9 Å². The molecule has 1 aromatic carbocycles. The van der Waals surface area contributed by atoms with Gasteiger partial charge in [0.1, 0.15) is 5.69 Å². The Morgan fingerprint density at radius 1 is 1.00 bits per heavy atom. The monoisotopic (exact) mass is 651 g/mol. The van der Waals surface area contributed by atoms with E-state index >= 15 is 0 Å². The molecule has 10 heteroatoms. The number of hydrogen-bond acceptors (Lipinski definition) is 3. The van der Waals surface area contributed by atoms with Crippen molar-refractivity contribution in [3.8, 4) is 22.6 Å². The quantitative estimate of drug-likeness (QED) is 0.197. The number of rotatable bonds is 4. The van der Waals surface area contributed by atoms with Crippen molar-refractivity contribution >= 4 is 0 Å². The fourth-order valence-electron chi connectivity index (χ4n) is 2.88. The van der Waals surface area contributed by atoms with E-state index in [1.807, 2.05) is 6.07 Å². The largest absolute Gasteiger partial charge is 0.573 e. The van der Waals surface area contributed by atoms with Crippen LogP contribution in [0.25, 0.3) is 22.6 Å². The second kappa shape index (κ2) is 11.9. The van der Waals surface area contributed by atoms with Crippen molar-refractivity contribution in [3.63, 3.8) is 0 Å². The second-order valence-electron chi connectivity index (χ2n) is 7.52. The minimum Gasteiger partial charge on any atom is -0.573 e. The van der Waals surface area contributed by atoms with E-state index < -0.39 is 23.5 Å². The summed E-state index contributed by atoms with van der Waals surface area (Å²) in [5.41, 5.74) is 1.29. The van der Waals surface area contributed by atoms with Gasteiger partial charge in [-0.1, -0.05) is 49.4 Å². The Kier molecular flexibility index (Phi) is 9.58. The first-order valence-electron chi connectivity index (χ1n) is 9.94. The van der Waals surface area contributed by atoms with Gasteiger partial charge in [-0.25, -0.2) is 0 Å². The average molecular weight is 651 g/mol. The molecule has 3 aromatic heterocycles. The Labute approximate surface area is 207 Å². The molecule has 4 aromatic rings. The van der Waals surface area contributed by atoms with Crippen LogP contribution in [0, 0.1) is 23.6 Å². The van der Waals surface area contributed by atoms with Gasteiger partial charge in [0.2, 0.25) is 0 Å². The molecule has 0 saturated heterocycles. The fourth-order valence-corrected chi connectivity index (χ4v) is 2.88. The van der Waals surface area contributed by atoms with Gasteiger partial charge in [0.25, 0.3) is 0 Å². The number of halogens is 5. The summed E-state index contributed by atoms with van der Waals surface area (Å²) in [6.07, 6.45) is -0.313. The van der Waals surface area contributed by atoms with E-state index in [0.717, 1.165) is 30.2 Å². The maximum Gasteiger partial charge on any atom is 0.431 e. The third-order valence-corrected chi connectivity index (χ3v) is 4.34. The third kappa shape index (κ3) is 7.53. The van der Waals surface area contributed by atoms with Gasteiger partial charge in [-0.2, -0.15) is 13.2 Å². The van der Waals surface area contributed by atoms with E-state index in [4.69, 9.17) is 0 Å². The minimum atomic E-state index is -4.46. The summed E-state index contributed by atoms with van der Waals surface area (Å²) in [7, 11) is 0. The van der Waals surface area contributed by atoms with Crippen LogP contribution in [0.4, 0.5) is 22.0 Å². The smallest absolute Gasteiger partial charge is 0.431 e. The number of hydrogen-bond donors (Lipinski definition) is 0. The molecule has 4 rings (SSSR count).